The topological polar surface area (TPSA) is 131 Å². The normalized spacial score (nSPS) is 20.5. The fourth-order valence-corrected chi connectivity index (χ4v) is 5.77. The van der Waals surface area contributed by atoms with E-state index in [1.54, 1.807) is 12.4 Å². The molecule has 0 saturated carbocycles. The highest BCUT2D eigenvalue weighted by molar-refractivity contribution is 8.00. The van der Waals surface area contributed by atoms with Crippen molar-refractivity contribution in [3.8, 4) is 0 Å². The molecule has 2 aliphatic heterocycles. The Morgan fingerprint density at radius 2 is 1.71 bits per heavy atom. The van der Waals surface area contributed by atoms with Gasteiger partial charge in [-0.3, -0.25) is 34.2 Å². The van der Waals surface area contributed by atoms with E-state index in [2.05, 4.69) is 15.3 Å². The summed E-state index contributed by atoms with van der Waals surface area (Å²) in [5.41, 5.74) is 2.15. The van der Waals surface area contributed by atoms with Crippen LogP contribution in [0.1, 0.15) is 25.2 Å². The number of amides is 2. The predicted octanol–water partition coefficient (Wildman–Crippen LogP) is 1.26. The number of rotatable bonds is 10. The van der Waals surface area contributed by atoms with Crippen LogP contribution in [0.4, 0.5) is 0 Å². The van der Waals surface area contributed by atoms with Gasteiger partial charge in [-0.15, -0.1) is 11.8 Å². The Balaban J connectivity index is 1.47. The second kappa shape index (κ2) is 12.2. The van der Waals surface area contributed by atoms with Crippen molar-refractivity contribution in [3.63, 3.8) is 0 Å². The lowest BCUT2D eigenvalue weighted by molar-refractivity contribution is -0.152. The Morgan fingerprint density at radius 3 is 2.24 bits per heavy atom. The predicted molar refractivity (Wildman–Crippen MR) is 138 cm³/mol. The Hall–Kier alpha value is -3.77. The summed E-state index contributed by atoms with van der Waals surface area (Å²) in [6.45, 7) is 3.85. The van der Waals surface area contributed by atoms with Crippen LogP contribution in [-0.4, -0.2) is 80.4 Å². The van der Waals surface area contributed by atoms with E-state index in [4.69, 9.17) is 9.47 Å². The summed E-state index contributed by atoms with van der Waals surface area (Å²) in [4.78, 5) is 62.1. The van der Waals surface area contributed by atoms with Crippen molar-refractivity contribution < 1.29 is 28.7 Å². The van der Waals surface area contributed by atoms with Crippen LogP contribution in [0.2, 0.25) is 0 Å². The maximum Gasteiger partial charge on any atom is 0.354 e. The summed E-state index contributed by atoms with van der Waals surface area (Å²) < 4.78 is 10.0. The average Bonchev–Trinajstić information content (AvgIpc) is 2.91. The zero-order chi connectivity index (χ0) is 27.2. The number of aromatic nitrogens is 2. The summed E-state index contributed by atoms with van der Waals surface area (Å²) in [5, 5.41) is 2.10. The minimum absolute atomic E-state index is 0.0151. The fraction of sp³-hybridized carbons (Fsp3) is 0.385. The highest BCUT2D eigenvalue weighted by Gasteiger charge is 2.55. The Labute approximate surface area is 224 Å². The van der Waals surface area contributed by atoms with E-state index < -0.39 is 29.3 Å². The van der Waals surface area contributed by atoms with E-state index in [0.29, 0.717) is 18.7 Å². The number of methoxy groups -OCH3 is 1. The molecule has 4 rings (SSSR count). The first kappa shape index (κ1) is 27.3. The number of carbonyl (C=O) groups excluding carboxylic acids is 4. The minimum atomic E-state index is -0.809. The van der Waals surface area contributed by atoms with Gasteiger partial charge < -0.3 is 14.8 Å². The lowest BCUT2D eigenvalue weighted by Crippen LogP contribution is -2.71. The van der Waals surface area contributed by atoms with Gasteiger partial charge in [0, 0.05) is 43.2 Å². The first-order valence-corrected chi connectivity index (χ1v) is 13.0. The third-order valence-corrected chi connectivity index (χ3v) is 7.59. The first-order chi connectivity index (χ1) is 18.3. The van der Waals surface area contributed by atoms with Crippen molar-refractivity contribution in [2.24, 2.45) is 0 Å². The number of fused-ring (bicyclic) bond motifs is 1. The third kappa shape index (κ3) is 6.20. The number of thioether (sulfide) groups is 1. The van der Waals surface area contributed by atoms with Crippen molar-refractivity contribution in [2.75, 3.05) is 20.3 Å². The zero-order valence-electron chi connectivity index (χ0n) is 21.3. The Bertz CT molecular complexity index is 1180. The second-order valence-electron chi connectivity index (χ2n) is 8.86. The number of carbonyl (C=O) groups is 4. The number of esters is 2. The highest BCUT2D eigenvalue weighted by atomic mass is 32.2. The van der Waals surface area contributed by atoms with Gasteiger partial charge in [-0.05, 0) is 31.2 Å². The van der Waals surface area contributed by atoms with E-state index in [0.717, 1.165) is 11.4 Å². The monoisotopic (exact) mass is 539 g/mol. The number of nitrogens with zero attached hydrogens (tertiary/aromatic N) is 4. The molecule has 1 N–H and O–H groups in total. The molecule has 2 aromatic rings. The molecular formula is C26H29N5O6S. The molecule has 2 aliphatic rings. The molecule has 2 aromatic heterocycles. The van der Waals surface area contributed by atoms with E-state index in [1.807, 2.05) is 48.2 Å². The lowest BCUT2D eigenvalue weighted by Gasteiger charge is -2.51. The van der Waals surface area contributed by atoms with E-state index in [-0.39, 0.29) is 30.0 Å². The summed E-state index contributed by atoms with van der Waals surface area (Å²) in [7, 11) is 1.22. The first-order valence-electron chi connectivity index (χ1n) is 12.0. The van der Waals surface area contributed by atoms with Crippen molar-refractivity contribution in [1.29, 1.82) is 0 Å². The molecule has 38 heavy (non-hydrogen) atoms. The summed E-state index contributed by atoms with van der Waals surface area (Å²) in [5.74, 6) is -1.96. The van der Waals surface area contributed by atoms with Gasteiger partial charge in [0.05, 0.1) is 25.0 Å². The van der Waals surface area contributed by atoms with Gasteiger partial charge in [-0.2, -0.15) is 0 Å². The zero-order valence-corrected chi connectivity index (χ0v) is 22.1. The number of ether oxygens (including phenoxy) is 2. The van der Waals surface area contributed by atoms with Crippen molar-refractivity contribution in [2.45, 2.75) is 43.6 Å². The number of nitrogens with one attached hydrogen (secondary N) is 1. The van der Waals surface area contributed by atoms with Crippen LogP contribution in [0, 0.1) is 0 Å². The molecule has 3 atom stereocenters. The molecule has 1 fully saturated rings. The van der Waals surface area contributed by atoms with Crippen LogP contribution in [-0.2, 0) is 41.7 Å². The van der Waals surface area contributed by atoms with Gasteiger partial charge in [0.25, 0.3) is 5.91 Å². The van der Waals surface area contributed by atoms with Gasteiger partial charge >= 0.3 is 11.9 Å². The van der Waals surface area contributed by atoms with Gasteiger partial charge in [-0.25, -0.2) is 4.79 Å². The molecule has 1 saturated heterocycles. The Morgan fingerprint density at radius 1 is 1.08 bits per heavy atom. The number of pyridine rings is 2. The van der Waals surface area contributed by atoms with Crippen molar-refractivity contribution in [1.82, 2.24) is 25.1 Å². The van der Waals surface area contributed by atoms with Gasteiger partial charge in [0.2, 0.25) is 5.91 Å². The summed E-state index contributed by atoms with van der Waals surface area (Å²) >= 11 is 1.41. The molecule has 0 radical (unpaired) electrons. The van der Waals surface area contributed by atoms with Gasteiger partial charge in [0.1, 0.15) is 23.7 Å². The molecule has 4 heterocycles. The molecule has 0 bridgehead atoms. The van der Waals surface area contributed by atoms with Crippen LogP contribution in [0.3, 0.4) is 0 Å². The molecule has 200 valence electrons. The maximum absolute atomic E-state index is 13.1. The smallest absolute Gasteiger partial charge is 0.354 e. The van der Waals surface area contributed by atoms with E-state index in [1.165, 1.54) is 30.7 Å². The molecule has 0 aliphatic carbocycles. The molecule has 0 spiro atoms. The maximum atomic E-state index is 13.1. The molecule has 2 amide bonds. The summed E-state index contributed by atoms with van der Waals surface area (Å²) in [6, 6.07) is 10.4. The van der Waals surface area contributed by atoms with Crippen LogP contribution in [0.25, 0.3) is 0 Å². The number of hydrogen-bond acceptors (Lipinski definition) is 10. The fourth-order valence-electron chi connectivity index (χ4n) is 4.34. The standard InChI is InChI=1S/C26H29N5O6S/c1-16-20(15-37-17(2)32)23(26(35)36-3)31-24(34)22(25(31)38-16)29-21(33)14-30(12-18-8-4-6-10-27-18)13-19-9-5-7-11-28-19/h4-11,16,22,25H,12-15H2,1-3H3,(H,29,33)/t16?,22-,25+/m1/s1. The van der Waals surface area contributed by atoms with Crippen molar-refractivity contribution in [3.05, 3.63) is 71.4 Å². The van der Waals surface area contributed by atoms with E-state index in [9.17, 15) is 19.2 Å². The molecule has 12 heteroatoms. The lowest BCUT2D eigenvalue weighted by atomic mass is 10.0. The molecular weight excluding hydrogens is 510 g/mol. The molecule has 0 aromatic carbocycles. The number of hydrogen-bond donors (Lipinski definition) is 1. The van der Waals surface area contributed by atoms with E-state index >= 15 is 0 Å². The van der Waals surface area contributed by atoms with Crippen molar-refractivity contribution >= 4 is 35.5 Å². The summed E-state index contributed by atoms with van der Waals surface area (Å²) in [6.07, 6.45) is 3.39. The number of β-lactam (4-membered cyclic amide) rings is 1. The SMILES string of the molecule is COC(=O)C1=C(COC(C)=O)C(C)S[C@H]2[C@H](NC(=O)CN(Cc3ccccn3)Cc3ccccn3)C(=O)N12. The molecule has 1 unspecified atom stereocenters. The van der Waals surface area contributed by atoms with Crippen LogP contribution in [0.5, 0.6) is 0 Å². The second-order valence-corrected chi connectivity index (χ2v) is 10.3. The van der Waals surface area contributed by atoms with Crippen LogP contribution >= 0.6 is 11.8 Å². The quantitative estimate of drug-likeness (QED) is 0.348. The van der Waals surface area contributed by atoms with Gasteiger partial charge in [0.15, 0.2) is 0 Å². The van der Waals surface area contributed by atoms with Gasteiger partial charge in [-0.1, -0.05) is 12.1 Å². The van der Waals surface area contributed by atoms with Crippen LogP contribution < -0.4 is 5.32 Å². The average molecular weight is 540 g/mol. The largest absolute Gasteiger partial charge is 0.464 e. The Kier molecular flexibility index (Phi) is 8.74. The van der Waals surface area contributed by atoms with Crippen LogP contribution in [0.15, 0.2) is 60.1 Å². The third-order valence-electron chi connectivity index (χ3n) is 6.14. The minimum Gasteiger partial charge on any atom is -0.464 e. The molecule has 11 nitrogen and oxygen atoms in total. The highest BCUT2D eigenvalue weighted by Crippen LogP contribution is 2.44.